The van der Waals surface area contributed by atoms with E-state index in [0.29, 0.717) is 6.54 Å². The average Bonchev–Trinajstić information content (AvgIpc) is 2.97. The lowest BCUT2D eigenvalue weighted by atomic mass is 10.1. The Bertz CT molecular complexity index is 1080. The number of rotatable bonds is 4. The molecular formula is C22H27N5O2. The Hall–Kier alpha value is -3.22. The number of anilines is 2. The Morgan fingerprint density at radius 1 is 0.966 bits per heavy atom. The van der Waals surface area contributed by atoms with Crippen molar-refractivity contribution in [3.8, 4) is 0 Å². The third-order valence-corrected chi connectivity index (χ3v) is 5.63. The van der Waals surface area contributed by atoms with Gasteiger partial charge in [0.25, 0.3) is 0 Å². The number of carbonyl (C=O) groups excluding carboxylic acids is 1. The van der Waals surface area contributed by atoms with E-state index in [2.05, 4.69) is 15.5 Å². The number of hydrogen-bond donors (Lipinski definition) is 2. The van der Waals surface area contributed by atoms with Gasteiger partial charge in [-0.1, -0.05) is 30.3 Å². The predicted octanol–water partition coefficient (Wildman–Crippen LogP) is 3.19. The fourth-order valence-corrected chi connectivity index (χ4v) is 3.98. The van der Waals surface area contributed by atoms with Gasteiger partial charge in [0.2, 0.25) is 0 Å². The average molecular weight is 393 g/mol. The minimum Gasteiger partial charge on any atom is -0.370 e. The molecule has 1 aliphatic rings. The first-order valence-corrected chi connectivity index (χ1v) is 10.1. The first kappa shape index (κ1) is 19.1. The van der Waals surface area contributed by atoms with Crippen LogP contribution in [0.25, 0.3) is 11.0 Å². The molecular weight excluding hydrogens is 366 g/mol. The zero-order chi connectivity index (χ0) is 20.4. The molecule has 1 aromatic heterocycles. The number of imidazole rings is 1. The second-order valence-corrected chi connectivity index (χ2v) is 7.60. The van der Waals surface area contributed by atoms with Gasteiger partial charge in [-0.15, -0.1) is 0 Å². The summed E-state index contributed by atoms with van der Waals surface area (Å²) in [6, 6.07) is 13.5. The molecule has 2 aromatic carbocycles. The minimum absolute atomic E-state index is 0.0738. The number of fused-ring (bicyclic) bond motifs is 1. The summed E-state index contributed by atoms with van der Waals surface area (Å²) in [6.45, 7) is 2.36. The smallest absolute Gasteiger partial charge is 0.328 e. The van der Waals surface area contributed by atoms with Gasteiger partial charge in [0, 0.05) is 33.7 Å². The molecule has 0 saturated carbocycles. The van der Waals surface area contributed by atoms with Gasteiger partial charge < -0.3 is 15.5 Å². The highest BCUT2D eigenvalue weighted by Gasteiger charge is 2.19. The molecule has 0 radical (unpaired) electrons. The summed E-state index contributed by atoms with van der Waals surface area (Å²) in [5, 5.41) is 5.92. The summed E-state index contributed by atoms with van der Waals surface area (Å²) >= 11 is 0. The molecule has 7 heteroatoms. The molecule has 2 heterocycles. The van der Waals surface area contributed by atoms with Crippen LogP contribution in [0.5, 0.6) is 0 Å². The van der Waals surface area contributed by atoms with Crippen molar-refractivity contribution in [2.45, 2.75) is 25.8 Å². The number of nitrogens with one attached hydrogen (secondary N) is 2. The van der Waals surface area contributed by atoms with E-state index in [9.17, 15) is 9.59 Å². The summed E-state index contributed by atoms with van der Waals surface area (Å²) in [5.74, 6) is 0. The lowest BCUT2D eigenvalue weighted by molar-refractivity contribution is 0.251. The maximum Gasteiger partial charge on any atom is 0.328 e. The molecule has 29 heavy (non-hydrogen) atoms. The Labute approximate surface area is 169 Å². The number of nitrogens with zero attached hydrogens (tertiary/aromatic N) is 3. The fourth-order valence-electron chi connectivity index (χ4n) is 3.98. The Kier molecular flexibility index (Phi) is 5.29. The van der Waals surface area contributed by atoms with E-state index in [1.807, 2.05) is 42.5 Å². The number of urea groups is 1. The van der Waals surface area contributed by atoms with Gasteiger partial charge in [0.1, 0.15) is 0 Å². The summed E-state index contributed by atoms with van der Waals surface area (Å²) in [4.78, 5) is 27.3. The lowest BCUT2D eigenvalue weighted by Crippen LogP contribution is -2.32. The molecule has 7 nitrogen and oxygen atoms in total. The predicted molar refractivity (Wildman–Crippen MR) is 117 cm³/mol. The van der Waals surface area contributed by atoms with Gasteiger partial charge in [0.05, 0.1) is 22.4 Å². The van der Waals surface area contributed by atoms with Gasteiger partial charge in [-0.25, -0.2) is 9.59 Å². The van der Waals surface area contributed by atoms with Crippen molar-refractivity contribution in [1.82, 2.24) is 14.5 Å². The molecule has 0 spiro atoms. The van der Waals surface area contributed by atoms with Crippen molar-refractivity contribution in [2.75, 3.05) is 23.3 Å². The van der Waals surface area contributed by atoms with Crippen LogP contribution in [0.15, 0.2) is 47.3 Å². The Balaban J connectivity index is 1.64. The molecule has 4 rings (SSSR count). The van der Waals surface area contributed by atoms with Gasteiger partial charge >= 0.3 is 11.7 Å². The van der Waals surface area contributed by atoms with Gasteiger partial charge in [-0.3, -0.25) is 9.13 Å². The number of hydrogen-bond acceptors (Lipinski definition) is 3. The first-order chi connectivity index (χ1) is 14.0. The van der Waals surface area contributed by atoms with Crippen molar-refractivity contribution < 1.29 is 4.79 Å². The molecule has 0 bridgehead atoms. The molecule has 0 atom stereocenters. The monoisotopic (exact) mass is 393 g/mol. The molecule has 2 amide bonds. The molecule has 3 aromatic rings. The Morgan fingerprint density at radius 2 is 1.62 bits per heavy atom. The van der Waals surface area contributed by atoms with E-state index in [4.69, 9.17) is 0 Å². The molecule has 1 fully saturated rings. The molecule has 0 aliphatic carbocycles. The van der Waals surface area contributed by atoms with E-state index in [1.54, 1.807) is 23.2 Å². The Morgan fingerprint density at radius 3 is 2.31 bits per heavy atom. The lowest BCUT2D eigenvalue weighted by Gasteiger charge is -2.30. The standard InChI is InChI=1S/C22H27N5O2/c1-25-19-13-17(24-21(28)23-15-16-9-5-3-6-10-16)18(27-11-7-4-8-12-27)14-20(19)26(2)22(25)29/h3,5-6,9-10,13-14H,4,7-8,11-12,15H2,1-2H3,(H2,23,24,28). The van der Waals surface area contributed by atoms with Crippen molar-refractivity contribution in [2.24, 2.45) is 14.1 Å². The zero-order valence-corrected chi connectivity index (χ0v) is 16.9. The maximum atomic E-state index is 12.6. The van der Waals surface area contributed by atoms with Crippen molar-refractivity contribution in [1.29, 1.82) is 0 Å². The second kappa shape index (κ2) is 8.03. The fraction of sp³-hybridized carbons (Fsp3) is 0.364. The number of benzene rings is 2. The van der Waals surface area contributed by atoms with E-state index >= 15 is 0 Å². The van der Waals surface area contributed by atoms with Crippen molar-refractivity contribution in [3.63, 3.8) is 0 Å². The van der Waals surface area contributed by atoms with Crippen molar-refractivity contribution in [3.05, 3.63) is 58.5 Å². The number of aromatic nitrogens is 2. The molecule has 1 aliphatic heterocycles. The van der Waals surface area contributed by atoms with E-state index in [-0.39, 0.29) is 11.7 Å². The number of carbonyl (C=O) groups is 1. The van der Waals surface area contributed by atoms with E-state index in [1.165, 1.54) is 6.42 Å². The van der Waals surface area contributed by atoms with Gasteiger partial charge in [0.15, 0.2) is 0 Å². The largest absolute Gasteiger partial charge is 0.370 e. The van der Waals surface area contributed by atoms with Crippen LogP contribution in [0, 0.1) is 0 Å². The normalized spacial score (nSPS) is 14.2. The quantitative estimate of drug-likeness (QED) is 0.715. The number of amides is 2. The summed E-state index contributed by atoms with van der Waals surface area (Å²) in [5.41, 5.74) is 4.33. The molecule has 1 saturated heterocycles. The van der Waals surface area contributed by atoms with Crippen LogP contribution < -0.4 is 21.2 Å². The van der Waals surface area contributed by atoms with Gasteiger partial charge in [-0.2, -0.15) is 0 Å². The summed E-state index contributed by atoms with van der Waals surface area (Å²) in [6.07, 6.45) is 3.49. The van der Waals surface area contributed by atoms with Gasteiger partial charge in [-0.05, 0) is 37.0 Å². The van der Waals surface area contributed by atoms with E-state index < -0.39 is 0 Å². The zero-order valence-electron chi connectivity index (χ0n) is 16.9. The molecule has 152 valence electrons. The van der Waals surface area contributed by atoms with Crippen LogP contribution >= 0.6 is 0 Å². The number of aryl methyl sites for hydroxylation is 2. The molecule has 0 unspecified atom stereocenters. The van der Waals surface area contributed by atoms with Crippen LogP contribution in [0.1, 0.15) is 24.8 Å². The molecule has 2 N–H and O–H groups in total. The highest BCUT2D eigenvalue weighted by atomic mass is 16.2. The highest BCUT2D eigenvalue weighted by molar-refractivity contribution is 5.98. The van der Waals surface area contributed by atoms with Crippen LogP contribution in [0.2, 0.25) is 0 Å². The third-order valence-electron chi connectivity index (χ3n) is 5.63. The van der Waals surface area contributed by atoms with E-state index in [0.717, 1.165) is 53.9 Å². The van der Waals surface area contributed by atoms with Crippen LogP contribution in [0.4, 0.5) is 16.2 Å². The SMILES string of the molecule is Cn1c(=O)n(C)c2cc(N3CCCCC3)c(NC(=O)NCc3ccccc3)cc21. The topological polar surface area (TPSA) is 71.3 Å². The van der Waals surface area contributed by atoms with Crippen molar-refractivity contribution >= 4 is 28.4 Å². The maximum absolute atomic E-state index is 12.6. The second-order valence-electron chi connectivity index (χ2n) is 7.60. The number of piperidine rings is 1. The summed E-state index contributed by atoms with van der Waals surface area (Å²) < 4.78 is 3.27. The van der Waals surface area contributed by atoms with Crippen LogP contribution in [-0.2, 0) is 20.6 Å². The third kappa shape index (κ3) is 3.85. The minimum atomic E-state index is -0.257. The highest BCUT2D eigenvalue weighted by Crippen LogP contribution is 2.32. The van der Waals surface area contributed by atoms with Crippen LogP contribution in [-0.4, -0.2) is 28.3 Å². The van der Waals surface area contributed by atoms with Crippen LogP contribution in [0.3, 0.4) is 0 Å². The summed E-state index contributed by atoms with van der Waals surface area (Å²) in [7, 11) is 3.54. The first-order valence-electron chi connectivity index (χ1n) is 10.1.